The van der Waals surface area contributed by atoms with Crippen LogP contribution in [0.15, 0.2) is 33.5 Å². The maximum absolute atomic E-state index is 11.8. The molecule has 0 bridgehead atoms. The van der Waals surface area contributed by atoms with Crippen LogP contribution in [0.25, 0.3) is 11.1 Å². The molecule has 1 aromatic carbocycles. The highest BCUT2D eigenvalue weighted by atomic mass is 16.4. The number of aromatic nitrogens is 1. The van der Waals surface area contributed by atoms with E-state index < -0.39 is 5.76 Å². The van der Waals surface area contributed by atoms with Gasteiger partial charge in [-0.2, -0.15) is 0 Å². The molecule has 0 aliphatic carbocycles. The monoisotopic (exact) mass is 233 g/mol. The summed E-state index contributed by atoms with van der Waals surface area (Å²) in [5, 5.41) is 0. The molecule has 17 heavy (non-hydrogen) atoms. The number of Topliss-reactive ketones (excluding diaryl/α,β-unsaturated/α-hetero) is 1. The van der Waals surface area contributed by atoms with Crippen LogP contribution >= 0.6 is 0 Å². The Labute approximate surface area is 98.8 Å². The lowest BCUT2D eigenvalue weighted by atomic mass is 10.0. The first-order valence-corrected chi connectivity index (χ1v) is 5.74. The number of ketones is 1. The first kappa shape index (κ1) is 11.6. The van der Waals surface area contributed by atoms with E-state index in [-0.39, 0.29) is 18.2 Å². The third-order valence-electron chi connectivity index (χ3n) is 3.05. The minimum absolute atomic E-state index is 0.0319. The Morgan fingerprint density at radius 3 is 2.82 bits per heavy atom. The Bertz CT molecular complexity index is 594. The van der Waals surface area contributed by atoms with Gasteiger partial charge in [0.15, 0.2) is 11.4 Å². The fourth-order valence-electron chi connectivity index (χ4n) is 1.70. The number of hydrogen-bond acceptors (Lipinski definition) is 3. The van der Waals surface area contributed by atoms with E-state index in [9.17, 15) is 9.59 Å². The summed E-state index contributed by atoms with van der Waals surface area (Å²) in [6.07, 6.45) is 0.781. The smallest absolute Gasteiger partial charge is 0.408 e. The minimum atomic E-state index is -0.470. The third kappa shape index (κ3) is 2.16. The van der Waals surface area contributed by atoms with Gasteiger partial charge in [0.05, 0.1) is 12.1 Å². The SMILES string of the molecule is CCC(C)C(=O)Cn1c(=O)oc2ccccc21. The van der Waals surface area contributed by atoms with Gasteiger partial charge in [-0.3, -0.25) is 9.36 Å². The second-order valence-electron chi connectivity index (χ2n) is 4.20. The Kier molecular flexibility index (Phi) is 3.13. The van der Waals surface area contributed by atoms with Gasteiger partial charge in [-0.25, -0.2) is 4.79 Å². The average Bonchev–Trinajstić information content (AvgIpc) is 2.65. The Morgan fingerprint density at radius 1 is 1.41 bits per heavy atom. The highest BCUT2D eigenvalue weighted by Gasteiger charge is 2.15. The number of fused-ring (bicyclic) bond motifs is 1. The highest BCUT2D eigenvalue weighted by molar-refractivity contribution is 5.82. The van der Waals surface area contributed by atoms with Crippen molar-refractivity contribution in [2.24, 2.45) is 5.92 Å². The van der Waals surface area contributed by atoms with Crippen LogP contribution in [-0.4, -0.2) is 10.4 Å². The topological polar surface area (TPSA) is 52.2 Å². The van der Waals surface area contributed by atoms with Crippen molar-refractivity contribution in [2.45, 2.75) is 26.8 Å². The van der Waals surface area contributed by atoms with Gasteiger partial charge < -0.3 is 4.42 Å². The molecular weight excluding hydrogens is 218 g/mol. The molecule has 1 heterocycles. The number of carbonyl (C=O) groups excluding carboxylic acids is 1. The molecule has 0 N–H and O–H groups in total. The lowest BCUT2D eigenvalue weighted by molar-refractivity contribution is -0.123. The molecule has 1 aromatic heterocycles. The van der Waals surface area contributed by atoms with E-state index in [4.69, 9.17) is 4.42 Å². The van der Waals surface area contributed by atoms with Crippen molar-refractivity contribution in [3.63, 3.8) is 0 Å². The number of oxazole rings is 1. The first-order chi connectivity index (χ1) is 8.13. The zero-order valence-corrected chi connectivity index (χ0v) is 9.97. The summed E-state index contributed by atoms with van der Waals surface area (Å²) >= 11 is 0. The summed E-state index contributed by atoms with van der Waals surface area (Å²) in [5.41, 5.74) is 1.20. The van der Waals surface area contributed by atoms with Crippen LogP contribution < -0.4 is 5.76 Å². The fraction of sp³-hybridized carbons (Fsp3) is 0.385. The summed E-state index contributed by atoms with van der Waals surface area (Å²) in [4.78, 5) is 23.5. The molecule has 0 spiro atoms. The minimum Gasteiger partial charge on any atom is -0.408 e. The van der Waals surface area contributed by atoms with Crippen molar-refractivity contribution < 1.29 is 9.21 Å². The summed E-state index contributed by atoms with van der Waals surface area (Å²) in [6, 6.07) is 7.12. The molecule has 1 unspecified atom stereocenters. The van der Waals surface area contributed by atoms with Crippen molar-refractivity contribution in [3.8, 4) is 0 Å². The molecule has 4 heteroatoms. The summed E-state index contributed by atoms with van der Waals surface area (Å²) in [6.45, 7) is 3.92. The number of carbonyl (C=O) groups is 1. The number of benzene rings is 1. The van der Waals surface area contributed by atoms with E-state index in [1.54, 1.807) is 18.2 Å². The molecule has 0 saturated heterocycles. The van der Waals surface area contributed by atoms with Crippen LogP contribution in [-0.2, 0) is 11.3 Å². The Balaban J connectivity index is 2.39. The van der Waals surface area contributed by atoms with Gasteiger partial charge >= 0.3 is 5.76 Å². The van der Waals surface area contributed by atoms with Crippen LogP contribution in [0.1, 0.15) is 20.3 Å². The number of rotatable bonds is 4. The molecule has 4 nitrogen and oxygen atoms in total. The van der Waals surface area contributed by atoms with Gasteiger partial charge in [-0.05, 0) is 18.6 Å². The van der Waals surface area contributed by atoms with E-state index in [0.29, 0.717) is 11.1 Å². The molecule has 0 saturated carbocycles. The lowest BCUT2D eigenvalue weighted by Crippen LogP contribution is -2.23. The maximum Gasteiger partial charge on any atom is 0.420 e. The summed E-state index contributed by atoms with van der Waals surface area (Å²) < 4.78 is 6.46. The Morgan fingerprint density at radius 2 is 2.12 bits per heavy atom. The average molecular weight is 233 g/mol. The normalized spacial score (nSPS) is 12.8. The number of hydrogen-bond donors (Lipinski definition) is 0. The van der Waals surface area contributed by atoms with Gasteiger partial charge in [-0.1, -0.05) is 26.0 Å². The maximum atomic E-state index is 11.8. The van der Waals surface area contributed by atoms with E-state index >= 15 is 0 Å². The predicted octanol–water partition coefficient (Wildman–Crippen LogP) is 2.21. The number of nitrogens with zero attached hydrogens (tertiary/aromatic N) is 1. The second-order valence-corrected chi connectivity index (χ2v) is 4.20. The molecule has 0 aliphatic heterocycles. The fourth-order valence-corrected chi connectivity index (χ4v) is 1.70. The van der Waals surface area contributed by atoms with Crippen molar-refractivity contribution in [1.82, 2.24) is 4.57 Å². The van der Waals surface area contributed by atoms with E-state index in [1.807, 2.05) is 19.9 Å². The van der Waals surface area contributed by atoms with Crippen LogP contribution in [0.5, 0.6) is 0 Å². The highest BCUT2D eigenvalue weighted by Crippen LogP contribution is 2.13. The summed E-state index contributed by atoms with van der Waals surface area (Å²) in [5.74, 6) is -0.445. The summed E-state index contributed by atoms with van der Waals surface area (Å²) in [7, 11) is 0. The Hall–Kier alpha value is -1.84. The predicted molar refractivity (Wildman–Crippen MR) is 64.9 cm³/mol. The van der Waals surface area contributed by atoms with Crippen LogP contribution in [0, 0.1) is 5.92 Å². The first-order valence-electron chi connectivity index (χ1n) is 5.74. The molecule has 1 atom stereocenters. The van der Waals surface area contributed by atoms with Crippen molar-refractivity contribution >= 4 is 16.9 Å². The molecule has 0 amide bonds. The van der Waals surface area contributed by atoms with E-state index in [1.165, 1.54) is 4.57 Å². The largest absolute Gasteiger partial charge is 0.420 e. The molecule has 2 rings (SSSR count). The standard InChI is InChI=1S/C13H15NO3/c1-3-9(2)11(15)8-14-10-6-4-5-7-12(10)17-13(14)16/h4-7,9H,3,8H2,1-2H3. The van der Waals surface area contributed by atoms with Crippen molar-refractivity contribution in [3.05, 3.63) is 34.8 Å². The van der Waals surface area contributed by atoms with Gasteiger partial charge in [-0.15, -0.1) is 0 Å². The lowest BCUT2D eigenvalue weighted by Gasteiger charge is -2.07. The third-order valence-corrected chi connectivity index (χ3v) is 3.05. The van der Waals surface area contributed by atoms with Crippen molar-refractivity contribution in [2.75, 3.05) is 0 Å². The van der Waals surface area contributed by atoms with Gasteiger partial charge in [0.25, 0.3) is 0 Å². The number of para-hydroxylation sites is 2. The molecule has 0 aliphatic rings. The molecule has 0 radical (unpaired) electrons. The van der Waals surface area contributed by atoms with E-state index in [2.05, 4.69) is 0 Å². The zero-order valence-electron chi connectivity index (χ0n) is 9.97. The zero-order chi connectivity index (χ0) is 12.4. The van der Waals surface area contributed by atoms with E-state index in [0.717, 1.165) is 6.42 Å². The molecule has 0 fully saturated rings. The second kappa shape index (κ2) is 4.57. The molecular formula is C13H15NO3. The van der Waals surface area contributed by atoms with Crippen LogP contribution in [0.3, 0.4) is 0 Å². The van der Waals surface area contributed by atoms with Gasteiger partial charge in [0, 0.05) is 5.92 Å². The molecule has 2 aromatic rings. The van der Waals surface area contributed by atoms with Crippen LogP contribution in [0.4, 0.5) is 0 Å². The quantitative estimate of drug-likeness (QED) is 0.813. The molecule has 90 valence electrons. The van der Waals surface area contributed by atoms with Gasteiger partial charge in [0.1, 0.15) is 0 Å². The van der Waals surface area contributed by atoms with Crippen molar-refractivity contribution in [1.29, 1.82) is 0 Å². The van der Waals surface area contributed by atoms with Gasteiger partial charge in [0.2, 0.25) is 0 Å². The van der Waals surface area contributed by atoms with Crippen LogP contribution in [0.2, 0.25) is 0 Å².